The summed E-state index contributed by atoms with van der Waals surface area (Å²) in [5, 5.41) is 9.18. The van der Waals surface area contributed by atoms with Crippen LogP contribution in [-0.4, -0.2) is 7.11 Å². The lowest BCUT2D eigenvalue weighted by Gasteiger charge is -2.12. The van der Waals surface area contributed by atoms with Gasteiger partial charge >= 0.3 is 0 Å². The smallest absolute Gasteiger partial charge is 0.169 e. The first kappa shape index (κ1) is 13.9. The minimum Gasteiger partial charge on any atom is -0.493 e. The first-order valence-electron chi connectivity index (χ1n) is 6.23. The van der Waals surface area contributed by atoms with Gasteiger partial charge in [0.05, 0.1) is 12.7 Å². The van der Waals surface area contributed by atoms with Crippen LogP contribution in [0.5, 0.6) is 17.2 Å². The van der Waals surface area contributed by atoms with E-state index in [4.69, 9.17) is 15.2 Å². The van der Waals surface area contributed by atoms with Crippen LogP contribution in [0.3, 0.4) is 0 Å². The zero-order valence-corrected chi connectivity index (χ0v) is 11.5. The first-order chi connectivity index (χ1) is 9.67. The predicted molar refractivity (Wildman–Crippen MR) is 76.9 cm³/mol. The molecule has 0 aliphatic rings. The normalized spacial score (nSPS) is 9.90. The van der Waals surface area contributed by atoms with E-state index in [0.29, 0.717) is 29.4 Å². The molecule has 0 saturated carbocycles. The Morgan fingerprint density at radius 1 is 1.10 bits per heavy atom. The quantitative estimate of drug-likeness (QED) is 0.925. The molecule has 0 fully saturated rings. The van der Waals surface area contributed by atoms with E-state index < -0.39 is 0 Å². The molecule has 2 aromatic carbocycles. The van der Waals surface area contributed by atoms with E-state index in [9.17, 15) is 5.26 Å². The maximum Gasteiger partial charge on any atom is 0.169 e. The average Bonchev–Trinajstić information content (AvgIpc) is 2.49. The van der Waals surface area contributed by atoms with E-state index in [0.717, 1.165) is 11.1 Å². The standard InChI is InChI=1S/C16H16N2O2/c1-11-3-5-15(16(7-11)19-2)20-14-6-4-12(9-17)8-13(14)10-18/h3-8H,9,17H2,1-2H3. The zero-order chi connectivity index (χ0) is 14.5. The summed E-state index contributed by atoms with van der Waals surface area (Å²) in [5.41, 5.74) is 7.99. The molecule has 0 spiro atoms. The summed E-state index contributed by atoms with van der Waals surface area (Å²) in [6.07, 6.45) is 0. The van der Waals surface area contributed by atoms with E-state index in [1.165, 1.54) is 0 Å². The highest BCUT2D eigenvalue weighted by Gasteiger charge is 2.10. The molecule has 0 amide bonds. The highest BCUT2D eigenvalue weighted by molar-refractivity contribution is 5.50. The Kier molecular flexibility index (Phi) is 4.24. The number of rotatable bonds is 4. The van der Waals surface area contributed by atoms with Gasteiger partial charge in [-0.2, -0.15) is 5.26 Å². The van der Waals surface area contributed by atoms with Crippen molar-refractivity contribution in [2.45, 2.75) is 13.5 Å². The minimum absolute atomic E-state index is 0.392. The second-order valence-corrected chi connectivity index (χ2v) is 4.40. The van der Waals surface area contributed by atoms with Gasteiger partial charge in [0.1, 0.15) is 11.8 Å². The van der Waals surface area contributed by atoms with E-state index in [-0.39, 0.29) is 0 Å². The van der Waals surface area contributed by atoms with Crippen LogP contribution in [0.2, 0.25) is 0 Å². The highest BCUT2D eigenvalue weighted by atomic mass is 16.5. The van der Waals surface area contributed by atoms with Gasteiger partial charge in [-0.1, -0.05) is 12.1 Å². The maximum atomic E-state index is 9.18. The summed E-state index contributed by atoms with van der Waals surface area (Å²) in [7, 11) is 1.59. The molecule has 0 aliphatic carbocycles. The molecule has 0 aliphatic heterocycles. The van der Waals surface area contributed by atoms with E-state index >= 15 is 0 Å². The molecule has 4 nitrogen and oxygen atoms in total. The molecule has 2 rings (SSSR count). The van der Waals surface area contributed by atoms with Crippen molar-refractivity contribution < 1.29 is 9.47 Å². The molecule has 0 atom stereocenters. The summed E-state index contributed by atoms with van der Waals surface area (Å²) >= 11 is 0. The van der Waals surface area contributed by atoms with Gasteiger partial charge in [-0.15, -0.1) is 0 Å². The van der Waals surface area contributed by atoms with Crippen LogP contribution in [0.15, 0.2) is 36.4 Å². The highest BCUT2D eigenvalue weighted by Crippen LogP contribution is 2.33. The van der Waals surface area contributed by atoms with Crippen molar-refractivity contribution in [2.24, 2.45) is 5.73 Å². The lowest BCUT2D eigenvalue weighted by Crippen LogP contribution is -1.98. The molecule has 0 bridgehead atoms. The lowest BCUT2D eigenvalue weighted by atomic mass is 10.1. The van der Waals surface area contributed by atoms with Crippen LogP contribution in [0.4, 0.5) is 0 Å². The van der Waals surface area contributed by atoms with Crippen molar-refractivity contribution in [1.29, 1.82) is 5.26 Å². The number of methoxy groups -OCH3 is 1. The van der Waals surface area contributed by atoms with Crippen LogP contribution < -0.4 is 15.2 Å². The topological polar surface area (TPSA) is 68.3 Å². The van der Waals surface area contributed by atoms with Crippen LogP contribution in [0.25, 0.3) is 0 Å². The van der Waals surface area contributed by atoms with Crippen molar-refractivity contribution in [3.63, 3.8) is 0 Å². The van der Waals surface area contributed by atoms with Gasteiger partial charge in [0, 0.05) is 6.54 Å². The third-order valence-corrected chi connectivity index (χ3v) is 2.94. The lowest BCUT2D eigenvalue weighted by molar-refractivity contribution is 0.378. The van der Waals surface area contributed by atoms with E-state index in [1.54, 1.807) is 19.2 Å². The molecule has 2 N–H and O–H groups in total. The number of nitriles is 1. The fourth-order valence-electron chi connectivity index (χ4n) is 1.86. The van der Waals surface area contributed by atoms with Crippen molar-refractivity contribution in [3.8, 4) is 23.3 Å². The Hall–Kier alpha value is -2.51. The van der Waals surface area contributed by atoms with Crippen LogP contribution in [0, 0.1) is 18.3 Å². The number of benzene rings is 2. The molecule has 0 radical (unpaired) electrons. The third kappa shape index (κ3) is 2.90. The summed E-state index contributed by atoms with van der Waals surface area (Å²) in [6.45, 7) is 2.37. The van der Waals surface area contributed by atoms with Crippen molar-refractivity contribution in [2.75, 3.05) is 7.11 Å². The van der Waals surface area contributed by atoms with Crippen LogP contribution in [0.1, 0.15) is 16.7 Å². The van der Waals surface area contributed by atoms with Crippen molar-refractivity contribution >= 4 is 0 Å². The summed E-state index contributed by atoms with van der Waals surface area (Å²) in [6, 6.07) is 13.1. The monoisotopic (exact) mass is 268 g/mol. The number of nitrogens with two attached hydrogens (primary N) is 1. The second kappa shape index (κ2) is 6.09. The van der Waals surface area contributed by atoms with Gasteiger partial charge < -0.3 is 15.2 Å². The van der Waals surface area contributed by atoms with Gasteiger partial charge in [0.25, 0.3) is 0 Å². The van der Waals surface area contributed by atoms with Crippen LogP contribution >= 0.6 is 0 Å². The summed E-state index contributed by atoms with van der Waals surface area (Å²) in [4.78, 5) is 0. The number of ether oxygens (including phenoxy) is 2. The average molecular weight is 268 g/mol. The minimum atomic E-state index is 0.392. The molecule has 0 heterocycles. The van der Waals surface area contributed by atoms with E-state index in [2.05, 4.69) is 6.07 Å². The second-order valence-electron chi connectivity index (χ2n) is 4.40. The molecule has 0 unspecified atom stereocenters. The van der Waals surface area contributed by atoms with Gasteiger partial charge in [-0.3, -0.25) is 0 Å². The molecule has 2 aromatic rings. The zero-order valence-electron chi connectivity index (χ0n) is 11.5. The van der Waals surface area contributed by atoms with Gasteiger partial charge in [-0.25, -0.2) is 0 Å². The van der Waals surface area contributed by atoms with Gasteiger partial charge in [0.15, 0.2) is 11.5 Å². The SMILES string of the molecule is COc1cc(C)ccc1Oc1ccc(CN)cc1C#N. The Balaban J connectivity index is 2.37. The molecular formula is C16H16N2O2. The molecular weight excluding hydrogens is 252 g/mol. The Morgan fingerprint density at radius 3 is 2.50 bits per heavy atom. The largest absolute Gasteiger partial charge is 0.493 e. The summed E-state index contributed by atoms with van der Waals surface area (Å²) in [5.74, 6) is 1.71. The molecule has 20 heavy (non-hydrogen) atoms. The third-order valence-electron chi connectivity index (χ3n) is 2.94. The van der Waals surface area contributed by atoms with E-state index in [1.807, 2.05) is 31.2 Å². The predicted octanol–water partition coefficient (Wildman–Crippen LogP) is 3.13. The van der Waals surface area contributed by atoms with Crippen molar-refractivity contribution in [3.05, 3.63) is 53.1 Å². The Morgan fingerprint density at radius 2 is 1.85 bits per heavy atom. The molecule has 4 heteroatoms. The number of nitrogens with zero attached hydrogens (tertiary/aromatic N) is 1. The molecule has 0 saturated heterocycles. The molecule has 0 aromatic heterocycles. The Bertz CT molecular complexity index is 660. The number of hydrogen-bond acceptors (Lipinski definition) is 4. The first-order valence-corrected chi connectivity index (χ1v) is 6.23. The van der Waals surface area contributed by atoms with Crippen molar-refractivity contribution in [1.82, 2.24) is 0 Å². The fourth-order valence-corrected chi connectivity index (χ4v) is 1.86. The summed E-state index contributed by atoms with van der Waals surface area (Å²) < 4.78 is 11.1. The Labute approximate surface area is 118 Å². The van der Waals surface area contributed by atoms with Gasteiger partial charge in [0.2, 0.25) is 0 Å². The maximum absolute atomic E-state index is 9.18. The number of aryl methyl sites for hydroxylation is 1. The van der Waals surface area contributed by atoms with Gasteiger partial charge in [-0.05, 0) is 42.3 Å². The number of hydrogen-bond donors (Lipinski definition) is 1. The fraction of sp³-hybridized carbons (Fsp3) is 0.188. The van der Waals surface area contributed by atoms with Crippen LogP contribution in [-0.2, 0) is 6.54 Å². The molecule has 102 valence electrons.